The van der Waals surface area contributed by atoms with E-state index in [2.05, 4.69) is 0 Å². The van der Waals surface area contributed by atoms with Crippen molar-refractivity contribution in [1.29, 1.82) is 0 Å². The van der Waals surface area contributed by atoms with Crippen molar-refractivity contribution in [2.75, 3.05) is 5.73 Å². The smallest absolute Gasteiger partial charge is 0.0666 e. The number of hydrogen-bond acceptors (Lipinski definition) is 1. The highest BCUT2D eigenvalue weighted by Gasteiger charge is 2.11. The molecule has 0 saturated heterocycles. The van der Waals surface area contributed by atoms with Crippen molar-refractivity contribution in [1.82, 2.24) is 4.57 Å². The number of anilines is 1. The van der Waals surface area contributed by atoms with Crippen molar-refractivity contribution in [2.45, 2.75) is 13.8 Å². The van der Waals surface area contributed by atoms with Crippen LogP contribution in [0.3, 0.4) is 0 Å². The SMILES string of the molecule is Cc1cc(Cl)c(C)n1-c1ccc(N)cc1Cl. The molecule has 0 unspecified atom stereocenters. The molecule has 0 amide bonds. The van der Waals surface area contributed by atoms with Gasteiger partial charge in [0.2, 0.25) is 0 Å². The van der Waals surface area contributed by atoms with E-state index < -0.39 is 0 Å². The lowest BCUT2D eigenvalue weighted by Gasteiger charge is -2.11. The Morgan fingerprint density at radius 1 is 1.06 bits per heavy atom. The summed E-state index contributed by atoms with van der Waals surface area (Å²) in [5.41, 5.74) is 9.25. The van der Waals surface area contributed by atoms with Gasteiger partial charge in [0.25, 0.3) is 0 Å². The van der Waals surface area contributed by atoms with Gasteiger partial charge in [0.05, 0.1) is 15.7 Å². The van der Waals surface area contributed by atoms with Crippen LogP contribution >= 0.6 is 23.2 Å². The molecular formula is C12H12Cl2N2. The van der Waals surface area contributed by atoms with Crippen LogP contribution in [0.2, 0.25) is 10.0 Å². The maximum absolute atomic E-state index is 6.17. The Kier molecular flexibility index (Phi) is 2.87. The molecule has 2 rings (SSSR count). The minimum Gasteiger partial charge on any atom is -0.399 e. The highest BCUT2D eigenvalue weighted by Crippen LogP contribution is 2.29. The molecule has 0 atom stereocenters. The number of benzene rings is 1. The first kappa shape index (κ1) is 11.4. The highest BCUT2D eigenvalue weighted by molar-refractivity contribution is 6.33. The third-order valence-corrected chi connectivity index (χ3v) is 3.27. The van der Waals surface area contributed by atoms with Crippen LogP contribution in [0.25, 0.3) is 5.69 Å². The molecule has 4 heteroatoms. The van der Waals surface area contributed by atoms with E-state index in [9.17, 15) is 0 Å². The Bertz CT molecular complexity index is 544. The molecule has 0 aliphatic rings. The van der Waals surface area contributed by atoms with E-state index in [4.69, 9.17) is 28.9 Å². The highest BCUT2D eigenvalue weighted by atomic mass is 35.5. The first-order chi connectivity index (χ1) is 7.50. The molecule has 0 bridgehead atoms. The second-order valence-electron chi connectivity index (χ2n) is 3.77. The van der Waals surface area contributed by atoms with Crippen molar-refractivity contribution in [2.24, 2.45) is 0 Å². The first-order valence-electron chi connectivity index (χ1n) is 4.90. The summed E-state index contributed by atoms with van der Waals surface area (Å²) in [4.78, 5) is 0. The van der Waals surface area contributed by atoms with Gasteiger partial charge in [-0.25, -0.2) is 0 Å². The first-order valence-corrected chi connectivity index (χ1v) is 5.66. The fourth-order valence-corrected chi connectivity index (χ4v) is 2.31. The van der Waals surface area contributed by atoms with Crippen LogP contribution in [-0.4, -0.2) is 4.57 Å². The van der Waals surface area contributed by atoms with Gasteiger partial charge in [0, 0.05) is 17.1 Å². The molecule has 84 valence electrons. The van der Waals surface area contributed by atoms with Crippen LogP contribution in [0.1, 0.15) is 11.4 Å². The molecule has 1 aromatic carbocycles. The monoisotopic (exact) mass is 254 g/mol. The number of rotatable bonds is 1. The lowest BCUT2D eigenvalue weighted by Crippen LogP contribution is -2.00. The second kappa shape index (κ2) is 4.04. The third-order valence-electron chi connectivity index (χ3n) is 2.58. The minimum atomic E-state index is 0.624. The van der Waals surface area contributed by atoms with Crippen LogP contribution in [-0.2, 0) is 0 Å². The number of nitrogens with two attached hydrogens (primary N) is 1. The summed E-state index contributed by atoms with van der Waals surface area (Å²) in [5, 5.41) is 1.36. The van der Waals surface area contributed by atoms with Crippen LogP contribution in [0.4, 0.5) is 5.69 Å². The quantitative estimate of drug-likeness (QED) is 0.767. The number of aryl methyl sites for hydroxylation is 1. The van der Waals surface area contributed by atoms with Gasteiger partial charge in [-0.05, 0) is 38.1 Å². The summed E-state index contributed by atoms with van der Waals surface area (Å²) in [6.45, 7) is 3.95. The molecule has 2 aromatic rings. The van der Waals surface area contributed by atoms with E-state index in [0.717, 1.165) is 22.1 Å². The largest absolute Gasteiger partial charge is 0.399 e. The molecular weight excluding hydrogens is 243 g/mol. The van der Waals surface area contributed by atoms with Gasteiger partial charge in [-0.1, -0.05) is 23.2 Å². The maximum Gasteiger partial charge on any atom is 0.0666 e. The Hall–Kier alpha value is -1.12. The number of hydrogen-bond donors (Lipinski definition) is 1. The van der Waals surface area contributed by atoms with Crippen molar-refractivity contribution in [3.8, 4) is 5.69 Å². The van der Waals surface area contributed by atoms with Crippen LogP contribution in [0.15, 0.2) is 24.3 Å². The predicted octanol–water partition coefficient (Wildman–Crippen LogP) is 3.98. The van der Waals surface area contributed by atoms with Gasteiger partial charge in [0.1, 0.15) is 0 Å². The summed E-state index contributed by atoms with van der Waals surface area (Å²) in [7, 11) is 0. The topological polar surface area (TPSA) is 30.9 Å². The molecule has 0 spiro atoms. The van der Waals surface area contributed by atoms with Crippen LogP contribution in [0, 0.1) is 13.8 Å². The molecule has 0 aliphatic heterocycles. The predicted molar refractivity (Wildman–Crippen MR) is 69.7 cm³/mol. The summed E-state index contributed by atoms with van der Waals surface area (Å²) in [6.07, 6.45) is 0. The Labute approximate surface area is 105 Å². The minimum absolute atomic E-state index is 0.624. The fourth-order valence-electron chi connectivity index (χ4n) is 1.80. The standard InChI is InChI=1S/C12H12Cl2N2/c1-7-5-10(13)8(2)16(7)12-4-3-9(15)6-11(12)14/h3-6H,15H2,1-2H3. The third kappa shape index (κ3) is 1.79. The molecule has 0 fully saturated rings. The molecule has 1 aromatic heterocycles. The zero-order chi connectivity index (χ0) is 11.9. The van der Waals surface area contributed by atoms with E-state index in [1.54, 1.807) is 6.07 Å². The average molecular weight is 255 g/mol. The van der Waals surface area contributed by atoms with Crippen LogP contribution in [0.5, 0.6) is 0 Å². The van der Waals surface area contributed by atoms with Crippen molar-refractivity contribution >= 4 is 28.9 Å². The van der Waals surface area contributed by atoms with E-state index in [0.29, 0.717) is 10.7 Å². The fraction of sp³-hybridized carbons (Fsp3) is 0.167. The molecule has 2 nitrogen and oxygen atoms in total. The van der Waals surface area contributed by atoms with E-state index in [1.807, 2.05) is 36.6 Å². The molecule has 0 aliphatic carbocycles. The summed E-state index contributed by atoms with van der Waals surface area (Å²) in [6, 6.07) is 7.38. The zero-order valence-electron chi connectivity index (χ0n) is 9.09. The lowest BCUT2D eigenvalue weighted by molar-refractivity contribution is 0.966. The van der Waals surface area contributed by atoms with E-state index in [1.165, 1.54) is 0 Å². The van der Waals surface area contributed by atoms with Crippen molar-refractivity contribution < 1.29 is 0 Å². The normalized spacial score (nSPS) is 10.8. The summed E-state index contributed by atoms with van der Waals surface area (Å²) >= 11 is 12.3. The summed E-state index contributed by atoms with van der Waals surface area (Å²) < 4.78 is 2.02. The van der Waals surface area contributed by atoms with Crippen molar-refractivity contribution in [3.05, 3.63) is 45.7 Å². The Balaban J connectivity index is 2.67. The molecule has 0 radical (unpaired) electrons. The van der Waals surface area contributed by atoms with Gasteiger partial charge < -0.3 is 10.3 Å². The van der Waals surface area contributed by atoms with Crippen molar-refractivity contribution in [3.63, 3.8) is 0 Å². The molecule has 0 saturated carbocycles. The number of nitrogens with zero attached hydrogens (tertiary/aromatic N) is 1. The second-order valence-corrected chi connectivity index (χ2v) is 4.58. The Morgan fingerprint density at radius 3 is 2.25 bits per heavy atom. The van der Waals surface area contributed by atoms with Crippen LogP contribution < -0.4 is 5.73 Å². The van der Waals surface area contributed by atoms with Gasteiger partial charge in [-0.2, -0.15) is 0 Å². The summed E-state index contributed by atoms with van der Waals surface area (Å²) in [5.74, 6) is 0. The number of halogens is 2. The van der Waals surface area contributed by atoms with Gasteiger partial charge >= 0.3 is 0 Å². The average Bonchev–Trinajstić information content (AvgIpc) is 2.43. The van der Waals surface area contributed by atoms with E-state index in [-0.39, 0.29) is 0 Å². The molecule has 2 N–H and O–H groups in total. The Morgan fingerprint density at radius 2 is 1.75 bits per heavy atom. The van der Waals surface area contributed by atoms with Gasteiger partial charge in [-0.15, -0.1) is 0 Å². The lowest BCUT2D eigenvalue weighted by atomic mass is 10.2. The molecule has 1 heterocycles. The van der Waals surface area contributed by atoms with Gasteiger partial charge in [0.15, 0.2) is 0 Å². The maximum atomic E-state index is 6.17. The number of aromatic nitrogens is 1. The van der Waals surface area contributed by atoms with Gasteiger partial charge in [-0.3, -0.25) is 0 Å². The van der Waals surface area contributed by atoms with E-state index >= 15 is 0 Å². The zero-order valence-corrected chi connectivity index (χ0v) is 10.6. The number of nitrogen functional groups attached to an aromatic ring is 1. The molecule has 16 heavy (non-hydrogen) atoms.